The van der Waals surface area contributed by atoms with Crippen molar-refractivity contribution in [3.05, 3.63) is 84.2 Å². The molecule has 4 nitrogen and oxygen atoms in total. The molecule has 138 valence electrons. The van der Waals surface area contributed by atoms with Crippen LogP contribution in [0.3, 0.4) is 0 Å². The first kappa shape index (κ1) is 18.4. The molecule has 0 aliphatic rings. The maximum Gasteiger partial charge on any atom is 0.418 e. The van der Waals surface area contributed by atoms with Gasteiger partial charge < -0.3 is 10.2 Å². The Morgan fingerprint density at radius 3 is 2.37 bits per heavy atom. The van der Waals surface area contributed by atoms with E-state index in [4.69, 9.17) is 0 Å². The number of alkyl halides is 3. The Kier molecular flexibility index (Phi) is 5.12. The zero-order valence-electron chi connectivity index (χ0n) is 14.4. The van der Waals surface area contributed by atoms with Gasteiger partial charge in [0.05, 0.1) is 28.7 Å². The maximum absolute atomic E-state index is 13.1. The van der Waals surface area contributed by atoms with E-state index in [1.54, 1.807) is 19.2 Å². The number of amides is 1. The average Bonchev–Trinajstić information content (AvgIpc) is 2.67. The minimum Gasteiger partial charge on any atom is -0.354 e. The zero-order valence-corrected chi connectivity index (χ0v) is 14.4. The van der Waals surface area contributed by atoms with Crippen molar-refractivity contribution < 1.29 is 18.0 Å². The Hall–Kier alpha value is -3.35. The number of anilines is 3. The highest BCUT2D eigenvalue weighted by atomic mass is 19.4. The number of carbonyl (C=O) groups is 1. The van der Waals surface area contributed by atoms with Gasteiger partial charge in [-0.25, -0.2) is 0 Å². The van der Waals surface area contributed by atoms with Crippen LogP contribution in [-0.4, -0.2) is 17.9 Å². The molecule has 1 aromatic heterocycles. The quantitative estimate of drug-likeness (QED) is 0.692. The summed E-state index contributed by atoms with van der Waals surface area (Å²) in [4.78, 5) is 18.1. The lowest BCUT2D eigenvalue weighted by atomic mass is 10.1. The molecule has 1 amide bonds. The van der Waals surface area contributed by atoms with E-state index in [2.05, 4.69) is 10.3 Å². The smallest absolute Gasteiger partial charge is 0.354 e. The van der Waals surface area contributed by atoms with Gasteiger partial charge in [-0.05, 0) is 30.3 Å². The Balaban J connectivity index is 1.86. The largest absolute Gasteiger partial charge is 0.418 e. The van der Waals surface area contributed by atoms with E-state index >= 15 is 0 Å². The van der Waals surface area contributed by atoms with Crippen molar-refractivity contribution in [1.29, 1.82) is 0 Å². The molecule has 0 unspecified atom stereocenters. The van der Waals surface area contributed by atoms with Gasteiger partial charge in [0.15, 0.2) is 0 Å². The van der Waals surface area contributed by atoms with Gasteiger partial charge in [-0.2, -0.15) is 13.2 Å². The Bertz CT molecular complexity index is 942. The van der Waals surface area contributed by atoms with E-state index in [9.17, 15) is 18.0 Å². The summed E-state index contributed by atoms with van der Waals surface area (Å²) in [5, 5.41) is 2.70. The second-order valence-electron chi connectivity index (χ2n) is 5.83. The minimum absolute atomic E-state index is 0.104. The molecule has 0 atom stereocenters. The number of pyridine rings is 1. The molecule has 3 aromatic rings. The summed E-state index contributed by atoms with van der Waals surface area (Å²) >= 11 is 0. The first-order chi connectivity index (χ1) is 12.9. The monoisotopic (exact) mass is 371 g/mol. The van der Waals surface area contributed by atoms with Gasteiger partial charge in [0.1, 0.15) is 0 Å². The summed E-state index contributed by atoms with van der Waals surface area (Å²) in [6.45, 7) is 0. The fourth-order valence-electron chi connectivity index (χ4n) is 2.58. The number of rotatable bonds is 4. The van der Waals surface area contributed by atoms with E-state index < -0.39 is 11.7 Å². The van der Waals surface area contributed by atoms with Crippen LogP contribution in [0, 0.1) is 0 Å². The second kappa shape index (κ2) is 7.49. The fraction of sp³-hybridized carbons (Fsp3) is 0.100. The van der Waals surface area contributed by atoms with Crippen molar-refractivity contribution >= 4 is 23.0 Å². The molecular formula is C20H16F3N3O. The first-order valence-electron chi connectivity index (χ1n) is 8.07. The van der Waals surface area contributed by atoms with E-state index in [0.29, 0.717) is 11.4 Å². The van der Waals surface area contributed by atoms with E-state index in [1.807, 2.05) is 18.2 Å². The molecule has 2 aromatic carbocycles. The normalized spacial score (nSPS) is 11.1. The molecule has 0 aliphatic carbocycles. The van der Waals surface area contributed by atoms with Crippen LogP contribution in [0.5, 0.6) is 0 Å². The topological polar surface area (TPSA) is 45.2 Å². The zero-order chi connectivity index (χ0) is 19.4. The molecule has 1 N–H and O–H groups in total. The summed E-state index contributed by atoms with van der Waals surface area (Å²) in [5.74, 6) is -0.318. The van der Waals surface area contributed by atoms with Crippen molar-refractivity contribution in [1.82, 2.24) is 4.98 Å². The highest BCUT2D eigenvalue weighted by Gasteiger charge is 2.33. The highest BCUT2D eigenvalue weighted by molar-refractivity contribution is 6.06. The maximum atomic E-state index is 13.1. The van der Waals surface area contributed by atoms with Crippen LogP contribution in [0.15, 0.2) is 73.1 Å². The van der Waals surface area contributed by atoms with Gasteiger partial charge in [-0.3, -0.25) is 9.78 Å². The molecule has 27 heavy (non-hydrogen) atoms. The second-order valence-corrected chi connectivity index (χ2v) is 5.83. The van der Waals surface area contributed by atoms with Crippen LogP contribution in [-0.2, 0) is 6.18 Å². The van der Waals surface area contributed by atoms with Gasteiger partial charge in [0.25, 0.3) is 5.91 Å². The number of hydrogen-bond acceptors (Lipinski definition) is 3. The van der Waals surface area contributed by atoms with Crippen molar-refractivity contribution in [3.8, 4) is 0 Å². The van der Waals surface area contributed by atoms with Crippen LogP contribution in [0.25, 0.3) is 0 Å². The number of halogens is 3. The van der Waals surface area contributed by atoms with Crippen LogP contribution >= 0.6 is 0 Å². The average molecular weight is 371 g/mol. The van der Waals surface area contributed by atoms with Gasteiger partial charge in [0, 0.05) is 18.9 Å². The Morgan fingerprint density at radius 1 is 1.00 bits per heavy atom. The molecule has 0 radical (unpaired) electrons. The minimum atomic E-state index is -4.49. The third kappa shape index (κ3) is 4.25. The Labute approximate surface area is 154 Å². The molecule has 3 rings (SSSR count). The number of nitrogens with one attached hydrogen (secondary N) is 1. The number of benzene rings is 2. The third-order valence-corrected chi connectivity index (χ3v) is 3.94. The summed E-state index contributed by atoms with van der Waals surface area (Å²) in [6, 6.07) is 15.6. The fourth-order valence-corrected chi connectivity index (χ4v) is 2.58. The molecule has 0 fully saturated rings. The third-order valence-electron chi connectivity index (χ3n) is 3.94. The van der Waals surface area contributed by atoms with E-state index in [-0.39, 0.29) is 17.2 Å². The number of carbonyl (C=O) groups excluding carboxylic acids is 1. The van der Waals surface area contributed by atoms with Crippen molar-refractivity contribution in [3.63, 3.8) is 0 Å². The summed E-state index contributed by atoms with van der Waals surface area (Å²) in [6.07, 6.45) is -1.74. The molecular weight excluding hydrogens is 355 g/mol. The lowest BCUT2D eigenvalue weighted by molar-refractivity contribution is -0.136. The van der Waals surface area contributed by atoms with Crippen molar-refractivity contribution in [2.24, 2.45) is 0 Å². The summed E-state index contributed by atoms with van der Waals surface area (Å²) in [7, 11) is 1.62. The number of nitrogens with zero attached hydrogens (tertiary/aromatic N) is 2. The highest BCUT2D eigenvalue weighted by Crippen LogP contribution is 2.35. The predicted octanol–water partition coefficient (Wildman–Crippen LogP) is 5.12. The van der Waals surface area contributed by atoms with E-state index in [1.165, 1.54) is 41.6 Å². The molecule has 0 saturated carbocycles. The number of aromatic nitrogens is 1. The van der Waals surface area contributed by atoms with Crippen LogP contribution < -0.4 is 10.2 Å². The summed E-state index contributed by atoms with van der Waals surface area (Å²) in [5.41, 5.74) is 0.356. The molecule has 7 heteroatoms. The van der Waals surface area contributed by atoms with Gasteiger partial charge in [0.2, 0.25) is 0 Å². The molecule has 0 spiro atoms. The molecule has 0 saturated heterocycles. The van der Waals surface area contributed by atoms with Crippen LogP contribution in [0.4, 0.5) is 30.2 Å². The van der Waals surface area contributed by atoms with Gasteiger partial charge in [-0.1, -0.05) is 30.3 Å². The van der Waals surface area contributed by atoms with Gasteiger partial charge in [-0.15, -0.1) is 0 Å². The lowest BCUT2D eigenvalue weighted by Crippen LogP contribution is -2.26. The number of hydrogen-bond donors (Lipinski definition) is 1. The standard InChI is InChI=1S/C20H16F3N3O/c1-26(16-7-3-2-4-8-16)19(27)14-11-15(13-24-12-14)25-18-10-6-5-9-17(18)20(21,22)23/h2-13,25H,1H3. The number of para-hydroxylation sites is 2. The van der Waals surface area contributed by atoms with Crippen molar-refractivity contribution in [2.45, 2.75) is 6.18 Å². The molecule has 1 heterocycles. The SMILES string of the molecule is CN(C(=O)c1cncc(Nc2ccccc2C(F)(F)F)c1)c1ccccc1. The first-order valence-corrected chi connectivity index (χ1v) is 8.07. The van der Waals surface area contributed by atoms with Crippen molar-refractivity contribution in [2.75, 3.05) is 17.3 Å². The van der Waals surface area contributed by atoms with Gasteiger partial charge >= 0.3 is 6.18 Å². The predicted molar refractivity (Wildman–Crippen MR) is 98.1 cm³/mol. The lowest BCUT2D eigenvalue weighted by Gasteiger charge is -2.18. The Morgan fingerprint density at radius 2 is 1.67 bits per heavy atom. The molecule has 0 bridgehead atoms. The van der Waals surface area contributed by atoms with E-state index in [0.717, 1.165) is 6.07 Å². The van der Waals surface area contributed by atoms with Crippen LogP contribution in [0.2, 0.25) is 0 Å². The molecule has 0 aliphatic heterocycles. The van der Waals surface area contributed by atoms with Crippen LogP contribution in [0.1, 0.15) is 15.9 Å². The summed E-state index contributed by atoms with van der Waals surface area (Å²) < 4.78 is 39.4.